The largest absolute Gasteiger partial charge is 0.439 e. The number of methoxy groups -OCH3 is 1. The maximum absolute atomic E-state index is 12.2. The second kappa shape index (κ2) is 8.83. The van der Waals surface area contributed by atoms with Crippen LogP contribution in [0.15, 0.2) is 42.6 Å². The molecule has 1 heterocycles. The van der Waals surface area contributed by atoms with Crippen LogP contribution in [0.4, 0.5) is 10.5 Å². The Morgan fingerprint density at radius 3 is 2.63 bits per heavy atom. The van der Waals surface area contributed by atoms with Crippen LogP contribution in [0.25, 0.3) is 0 Å². The molecule has 7 nitrogen and oxygen atoms in total. The number of ether oxygens (including phenoxy) is 3. The Morgan fingerprint density at radius 1 is 1.22 bits per heavy atom. The van der Waals surface area contributed by atoms with E-state index in [-0.39, 0.29) is 24.3 Å². The highest BCUT2D eigenvalue weighted by molar-refractivity contribution is 5.89. The lowest BCUT2D eigenvalue weighted by molar-refractivity contribution is -0.128. The van der Waals surface area contributed by atoms with E-state index in [2.05, 4.69) is 15.6 Å². The zero-order chi connectivity index (χ0) is 19.2. The van der Waals surface area contributed by atoms with Gasteiger partial charge in [-0.2, -0.15) is 0 Å². The van der Waals surface area contributed by atoms with E-state index >= 15 is 0 Å². The molecule has 0 saturated heterocycles. The number of rotatable bonds is 7. The first kappa shape index (κ1) is 19.1. The monoisotopic (exact) mass is 371 g/mol. The van der Waals surface area contributed by atoms with Gasteiger partial charge in [-0.15, -0.1) is 0 Å². The van der Waals surface area contributed by atoms with E-state index in [9.17, 15) is 4.79 Å². The predicted octanol–water partition coefficient (Wildman–Crippen LogP) is 3.50. The van der Waals surface area contributed by atoms with Gasteiger partial charge in [0.15, 0.2) is 0 Å². The van der Waals surface area contributed by atoms with Gasteiger partial charge < -0.3 is 24.8 Å². The first-order valence-corrected chi connectivity index (χ1v) is 9.01. The summed E-state index contributed by atoms with van der Waals surface area (Å²) in [6.07, 6.45) is 2.42. The summed E-state index contributed by atoms with van der Waals surface area (Å²) in [6, 6.07) is 10.5. The number of urea groups is 1. The van der Waals surface area contributed by atoms with Gasteiger partial charge in [0.05, 0.1) is 12.1 Å². The molecule has 0 radical (unpaired) electrons. The highest BCUT2D eigenvalue weighted by Gasteiger charge is 2.42. The number of pyridine rings is 1. The van der Waals surface area contributed by atoms with E-state index in [0.29, 0.717) is 23.9 Å². The minimum absolute atomic E-state index is 0.0390. The lowest BCUT2D eigenvalue weighted by atomic mass is 9.85. The van der Waals surface area contributed by atoms with Gasteiger partial charge in [0.25, 0.3) is 0 Å². The fraction of sp³-hybridized carbons (Fsp3) is 0.400. The molecule has 144 valence electrons. The Labute approximate surface area is 159 Å². The fourth-order valence-corrected chi connectivity index (χ4v) is 2.99. The lowest BCUT2D eigenvalue weighted by Gasteiger charge is -2.43. The summed E-state index contributed by atoms with van der Waals surface area (Å²) in [7, 11) is 1.63. The summed E-state index contributed by atoms with van der Waals surface area (Å²) < 4.78 is 16.6. The second-order valence-electron chi connectivity index (χ2n) is 6.43. The van der Waals surface area contributed by atoms with Crippen molar-refractivity contribution in [2.75, 3.05) is 19.0 Å². The summed E-state index contributed by atoms with van der Waals surface area (Å²) in [4.78, 5) is 16.4. The molecule has 2 aromatic rings. The molecule has 27 heavy (non-hydrogen) atoms. The Kier molecular flexibility index (Phi) is 6.26. The number of amides is 2. The van der Waals surface area contributed by atoms with Crippen LogP contribution in [0.5, 0.6) is 11.6 Å². The number of aromatic nitrogens is 1. The van der Waals surface area contributed by atoms with Crippen molar-refractivity contribution in [1.29, 1.82) is 0 Å². The molecule has 1 aromatic heterocycles. The highest BCUT2D eigenvalue weighted by atomic mass is 16.5. The summed E-state index contributed by atoms with van der Waals surface area (Å²) in [6.45, 7) is 4.55. The maximum atomic E-state index is 12.2. The van der Waals surface area contributed by atoms with Gasteiger partial charge >= 0.3 is 6.03 Å². The molecule has 3 atom stereocenters. The number of hydrogen-bond donors (Lipinski definition) is 2. The number of hydrogen-bond acceptors (Lipinski definition) is 5. The number of nitrogens with zero attached hydrogens (tertiary/aromatic N) is 1. The molecule has 1 aromatic carbocycles. The zero-order valence-corrected chi connectivity index (χ0v) is 15.8. The summed E-state index contributed by atoms with van der Waals surface area (Å²) in [5.74, 6) is 1.17. The quantitative estimate of drug-likeness (QED) is 0.778. The Balaban J connectivity index is 1.49. The van der Waals surface area contributed by atoms with Crippen LogP contribution >= 0.6 is 0 Å². The number of carbonyl (C=O) groups is 1. The average molecular weight is 371 g/mol. The van der Waals surface area contributed by atoms with E-state index in [1.807, 2.05) is 26.0 Å². The summed E-state index contributed by atoms with van der Waals surface area (Å²) in [5.41, 5.74) is 1.74. The summed E-state index contributed by atoms with van der Waals surface area (Å²) in [5, 5.41) is 5.73. The minimum Gasteiger partial charge on any atom is -0.439 e. The van der Waals surface area contributed by atoms with Crippen molar-refractivity contribution in [3.63, 3.8) is 0 Å². The molecule has 3 unspecified atom stereocenters. The van der Waals surface area contributed by atoms with Crippen LogP contribution in [-0.2, 0) is 9.47 Å². The number of benzene rings is 1. The van der Waals surface area contributed by atoms with E-state index in [1.54, 1.807) is 37.6 Å². The normalized spacial score (nSPS) is 21.2. The lowest BCUT2D eigenvalue weighted by Crippen LogP contribution is -2.61. The van der Waals surface area contributed by atoms with Crippen molar-refractivity contribution >= 4 is 11.7 Å². The second-order valence-corrected chi connectivity index (χ2v) is 6.43. The van der Waals surface area contributed by atoms with Crippen molar-refractivity contribution in [2.45, 2.75) is 38.5 Å². The molecule has 0 aliphatic heterocycles. The molecule has 1 fully saturated rings. The Morgan fingerprint density at radius 2 is 2.00 bits per heavy atom. The van der Waals surface area contributed by atoms with Crippen LogP contribution in [0.2, 0.25) is 0 Å². The molecular formula is C20H25N3O4. The van der Waals surface area contributed by atoms with Crippen LogP contribution in [0, 0.1) is 6.92 Å². The molecule has 2 amide bonds. The van der Waals surface area contributed by atoms with Gasteiger partial charge in [-0.05, 0) is 50.1 Å². The fourth-order valence-electron chi connectivity index (χ4n) is 2.99. The van der Waals surface area contributed by atoms with E-state index in [4.69, 9.17) is 14.2 Å². The average Bonchev–Trinajstić information content (AvgIpc) is 2.64. The van der Waals surface area contributed by atoms with Crippen molar-refractivity contribution in [1.82, 2.24) is 10.3 Å². The molecule has 0 bridgehead atoms. The molecule has 2 N–H and O–H groups in total. The molecule has 1 aliphatic rings. The van der Waals surface area contributed by atoms with Gasteiger partial charge in [0, 0.05) is 31.7 Å². The van der Waals surface area contributed by atoms with Gasteiger partial charge in [-0.1, -0.05) is 6.07 Å². The van der Waals surface area contributed by atoms with E-state index in [1.165, 1.54) is 0 Å². The first-order chi connectivity index (χ1) is 13.1. The number of anilines is 1. The standard InChI is InChI=1S/C20H25N3O4/c1-4-26-17-11-16(19(17)25-3)23-20(24)22-14-6-8-15(9-7-14)27-18-10-5-13(2)12-21-18/h5-10,12,16-17,19H,4,11H2,1-3H3,(H2,22,23,24). The molecule has 1 saturated carbocycles. The number of aryl methyl sites for hydroxylation is 1. The molecule has 0 spiro atoms. The third kappa shape index (κ3) is 4.96. The van der Waals surface area contributed by atoms with Crippen molar-refractivity contribution in [3.8, 4) is 11.6 Å². The molecule has 3 rings (SSSR count). The highest BCUT2D eigenvalue weighted by Crippen LogP contribution is 2.27. The number of carbonyl (C=O) groups excluding carboxylic acids is 1. The van der Waals surface area contributed by atoms with Crippen LogP contribution < -0.4 is 15.4 Å². The van der Waals surface area contributed by atoms with Crippen molar-refractivity contribution in [2.24, 2.45) is 0 Å². The molecule has 7 heteroatoms. The van der Waals surface area contributed by atoms with E-state index < -0.39 is 0 Å². The van der Waals surface area contributed by atoms with Crippen molar-refractivity contribution < 1.29 is 19.0 Å². The minimum atomic E-state index is -0.272. The van der Waals surface area contributed by atoms with Crippen LogP contribution in [0.1, 0.15) is 18.9 Å². The Hall–Kier alpha value is -2.64. The van der Waals surface area contributed by atoms with Crippen molar-refractivity contribution in [3.05, 3.63) is 48.2 Å². The van der Waals surface area contributed by atoms with Crippen LogP contribution in [0.3, 0.4) is 0 Å². The van der Waals surface area contributed by atoms with Gasteiger partial charge in [0.2, 0.25) is 5.88 Å². The zero-order valence-electron chi connectivity index (χ0n) is 15.8. The molecular weight excluding hydrogens is 346 g/mol. The predicted molar refractivity (Wildman–Crippen MR) is 102 cm³/mol. The Bertz CT molecular complexity index is 749. The first-order valence-electron chi connectivity index (χ1n) is 9.01. The maximum Gasteiger partial charge on any atom is 0.319 e. The van der Waals surface area contributed by atoms with Crippen LogP contribution in [-0.4, -0.2) is 43.0 Å². The smallest absolute Gasteiger partial charge is 0.319 e. The summed E-state index contributed by atoms with van der Waals surface area (Å²) >= 11 is 0. The van der Waals surface area contributed by atoms with Gasteiger partial charge in [-0.25, -0.2) is 9.78 Å². The molecule has 1 aliphatic carbocycles. The third-order valence-corrected chi connectivity index (χ3v) is 4.44. The third-order valence-electron chi connectivity index (χ3n) is 4.44. The topological polar surface area (TPSA) is 81.7 Å². The number of nitrogens with one attached hydrogen (secondary N) is 2. The van der Waals surface area contributed by atoms with Gasteiger partial charge in [0.1, 0.15) is 11.9 Å². The van der Waals surface area contributed by atoms with E-state index in [0.717, 1.165) is 12.0 Å². The SMILES string of the molecule is CCOC1CC(NC(=O)Nc2ccc(Oc3ccc(C)cn3)cc2)C1OC. The van der Waals surface area contributed by atoms with Gasteiger partial charge in [-0.3, -0.25) is 0 Å².